The first-order valence-electron chi connectivity index (χ1n) is 8.56. The molecule has 1 aliphatic heterocycles. The zero-order valence-electron chi connectivity index (χ0n) is 14.6. The molecule has 1 aromatic carbocycles. The van der Waals surface area contributed by atoms with Crippen LogP contribution in [0.4, 0.5) is 5.13 Å². The summed E-state index contributed by atoms with van der Waals surface area (Å²) in [6.07, 6.45) is 2.45. The number of rotatable bonds is 4. The van der Waals surface area contributed by atoms with Gasteiger partial charge < -0.3 is 5.32 Å². The number of hydrogen-bond donors (Lipinski definition) is 1. The van der Waals surface area contributed by atoms with E-state index in [2.05, 4.69) is 54.2 Å². The highest BCUT2D eigenvalue weighted by atomic mass is 32.1. The van der Waals surface area contributed by atoms with Gasteiger partial charge in [-0.1, -0.05) is 19.1 Å². The number of aromatic nitrogens is 1. The van der Waals surface area contributed by atoms with Gasteiger partial charge in [0, 0.05) is 17.5 Å². The van der Waals surface area contributed by atoms with E-state index in [1.165, 1.54) is 35.3 Å². The molecule has 1 amide bonds. The zero-order valence-corrected chi connectivity index (χ0v) is 15.4. The van der Waals surface area contributed by atoms with Crippen LogP contribution in [-0.4, -0.2) is 35.4 Å². The van der Waals surface area contributed by atoms with Gasteiger partial charge in [0.25, 0.3) is 0 Å². The topological polar surface area (TPSA) is 45.2 Å². The minimum Gasteiger partial charge on any atom is -0.301 e. The van der Waals surface area contributed by atoms with Crippen molar-refractivity contribution in [1.29, 1.82) is 0 Å². The van der Waals surface area contributed by atoms with E-state index in [9.17, 15) is 4.79 Å². The molecule has 1 aliphatic rings. The molecule has 1 fully saturated rings. The molecule has 1 N–H and O–H groups in total. The lowest BCUT2D eigenvalue weighted by Gasteiger charge is -2.29. The van der Waals surface area contributed by atoms with Crippen molar-refractivity contribution in [3.05, 3.63) is 34.7 Å². The lowest BCUT2D eigenvalue weighted by molar-refractivity contribution is -0.117. The smallest absolute Gasteiger partial charge is 0.240 e. The Hall–Kier alpha value is -1.72. The Balaban J connectivity index is 1.61. The maximum absolute atomic E-state index is 12.2. The number of nitrogens with one attached hydrogen (secondary N) is 1. The van der Waals surface area contributed by atoms with Crippen LogP contribution in [-0.2, 0) is 4.79 Å². The number of nitrogens with zero attached hydrogens (tertiary/aromatic N) is 2. The van der Waals surface area contributed by atoms with Crippen LogP contribution in [0.1, 0.15) is 30.9 Å². The Morgan fingerprint density at radius 2 is 2.21 bits per heavy atom. The first kappa shape index (κ1) is 17.1. The first-order chi connectivity index (χ1) is 11.5. The summed E-state index contributed by atoms with van der Waals surface area (Å²) in [7, 11) is 0. The molecule has 0 saturated carbocycles. The fraction of sp³-hybridized carbons (Fsp3) is 0.474. The molecule has 24 heavy (non-hydrogen) atoms. The van der Waals surface area contributed by atoms with Gasteiger partial charge in [-0.15, -0.1) is 11.3 Å². The molecule has 0 radical (unpaired) electrons. The van der Waals surface area contributed by atoms with Crippen molar-refractivity contribution < 1.29 is 4.79 Å². The van der Waals surface area contributed by atoms with E-state index < -0.39 is 0 Å². The average molecular weight is 343 g/mol. The van der Waals surface area contributed by atoms with Crippen LogP contribution >= 0.6 is 11.3 Å². The van der Waals surface area contributed by atoms with Crippen LogP contribution in [0.25, 0.3) is 11.3 Å². The number of aryl methyl sites for hydroxylation is 2. The van der Waals surface area contributed by atoms with Crippen molar-refractivity contribution in [2.75, 3.05) is 25.0 Å². The van der Waals surface area contributed by atoms with Gasteiger partial charge in [0.2, 0.25) is 5.91 Å². The molecule has 3 rings (SSSR count). The van der Waals surface area contributed by atoms with E-state index in [0.717, 1.165) is 24.3 Å². The molecule has 128 valence electrons. The van der Waals surface area contributed by atoms with E-state index >= 15 is 0 Å². The van der Waals surface area contributed by atoms with Gasteiger partial charge in [-0.2, -0.15) is 0 Å². The van der Waals surface area contributed by atoms with Gasteiger partial charge in [0.1, 0.15) is 0 Å². The molecule has 1 unspecified atom stereocenters. The lowest BCUT2D eigenvalue weighted by atomic mass is 10.0. The molecule has 1 aromatic heterocycles. The Morgan fingerprint density at radius 1 is 1.38 bits per heavy atom. The van der Waals surface area contributed by atoms with E-state index in [1.807, 2.05) is 5.38 Å². The third kappa shape index (κ3) is 4.22. The van der Waals surface area contributed by atoms with Crippen LogP contribution < -0.4 is 5.32 Å². The lowest BCUT2D eigenvalue weighted by Crippen LogP contribution is -2.39. The second-order valence-corrected chi connectivity index (χ2v) is 7.73. The van der Waals surface area contributed by atoms with E-state index in [1.54, 1.807) is 0 Å². The van der Waals surface area contributed by atoms with Gasteiger partial charge in [0.05, 0.1) is 12.2 Å². The van der Waals surface area contributed by atoms with Gasteiger partial charge >= 0.3 is 0 Å². The summed E-state index contributed by atoms with van der Waals surface area (Å²) < 4.78 is 0. The quantitative estimate of drug-likeness (QED) is 0.909. The number of carbonyl (C=O) groups is 1. The fourth-order valence-electron chi connectivity index (χ4n) is 3.16. The van der Waals surface area contributed by atoms with Crippen LogP contribution in [0.2, 0.25) is 0 Å². The maximum atomic E-state index is 12.2. The molecule has 1 atom stereocenters. The molecular weight excluding hydrogens is 318 g/mol. The molecule has 5 heteroatoms. The Kier molecular flexibility index (Phi) is 5.31. The summed E-state index contributed by atoms with van der Waals surface area (Å²) in [6, 6.07) is 6.34. The Bertz CT molecular complexity index is 725. The highest BCUT2D eigenvalue weighted by molar-refractivity contribution is 7.14. The minimum absolute atomic E-state index is 0.0325. The molecule has 1 saturated heterocycles. The minimum atomic E-state index is 0.0325. The summed E-state index contributed by atoms with van der Waals surface area (Å²) in [6.45, 7) is 8.95. The first-order valence-corrected chi connectivity index (χ1v) is 9.44. The fourth-order valence-corrected chi connectivity index (χ4v) is 3.89. The number of hydrogen-bond acceptors (Lipinski definition) is 4. The van der Waals surface area contributed by atoms with Crippen LogP contribution in [0, 0.1) is 19.8 Å². The third-order valence-electron chi connectivity index (χ3n) is 4.66. The van der Waals surface area contributed by atoms with Crippen molar-refractivity contribution >= 4 is 22.4 Å². The summed E-state index contributed by atoms with van der Waals surface area (Å²) in [5, 5.41) is 5.63. The van der Waals surface area contributed by atoms with E-state index in [4.69, 9.17) is 0 Å². The molecular formula is C19H25N3OS. The predicted molar refractivity (Wildman–Crippen MR) is 100 cm³/mol. The maximum Gasteiger partial charge on any atom is 0.240 e. The van der Waals surface area contributed by atoms with E-state index in [0.29, 0.717) is 17.6 Å². The molecule has 4 nitrogen and oxygen atoms in total. The van der Waals surface area contributed by atoms with Crippen LogP contribution in [0.5, 0.6) is 0 Å². The van der Waals surface area contributed by atoms with Crippen LogP contribution in [0.15, 0.2) is 23.6 Å². The largest absolute Gasteiger partial charge is 0.301 e. The number of anilines is 1. The van der Waals surface area contributed by atoms with Crippen molar-refractivity contribution in [2.45, 2.75) is 33.6 Å². The summed E-state index contributed by atoms with van der Waals surface area (Å²) in [5.41, 5.74) is 4.55. The summed E-state index contributed by atoms with van der Waals surface area (Å²) >= 11 is 1.48. The van der Waals surface area contributed by atoms with E-state index in [-0.39, 0.29) is 5.91 Å². The predicted octanol–water partition coefficient (Wildman–Crippen LogP) is 4.10. The summed E-state index contributed by atoms with van der Waals surface area (Å²) in [4.78, 5) is 19.1. The highest BCUT2D eigenvalue weighted by Crippen LogP contribution is 2.26. The highest BCUT2D eigenvalue weighted by Gasteiger charge is 2.19. The van der Waals surface area contributed by atoms with Crippen molar-refractivity contribution in [3.8, 4) is 11.3 Å². The number of carbonyl (C=O) groups excluding carboxylic acids is 1. The molecule has 2 heterocycles. The zero-order chi connectivity index (χ0) is 17.1. The normalized spacial score (nSPS) is 18.5. The van der Waals surface area contributed by atoms with Crippen molar-refractivity contribution in [1.82, 2.24) is 9.88 Å². The van der Waals surface area contributed by atoms with Gasteiger partial charge in [-0.25, -0.2) is 4.98 Å². The molecule has 2 aromatic rings. The number of likely N-dealkylation sites (tertiary alicyclic amines) is 1. The second kappa shape index (κ2) is 7.45. The number of benzene rings is 1. The van der Waals surface area contributed by atoms with Gasteiger partial charge in [0.15, 0.2) is 5.13 Å². The van der Waals surface area contributed by atoms with Crippen molar-refractivity contribution in [3.63, 3.8) is 0 Å². The van der Waals surface area contributed by atoms with Crippen molar-refractivity contribution in [2.24, 2.45) is 5.92 Å². The SMILES string of the molecule is Cc1ccc(-c2csc(NC(=O)CN3CCCC(C)C3)n2)cc1C. The Labute approximate surface area is 147 Å². The second-order valence-electron chi connectivity index (χ2n) is 6.87. The molecule has 0 aliphatic carbocycles. The third-order valence-corrected chi connectivity index (χ3v) is 5.42. The standard InChI is InChI=1S/C19H25N3OS/c1-13-5-4-8-22(10-13)11-18(23)21-19-20-17(12-24-19)16-7-6-14(2)15(3)9-16/h6-7,9,12-13H,4-5,8,10-11H2,1-3H3,(H,20,21,23). The number of thiazole rings is 1. The number of piperidine rings is 1. The monoisotopic (exact) mass is 343 g/mol. The van der Waals surface area contributed by atoms with Gasteiger partial charge in [-0.3, -0.25) is 9.69 Å². The van der Waals surface area contributed by atoms with Crippen LogP contribution in [0.3, 0.4) is 0 Å². The molecule has 0 bridgehead atoms. The molecule has 0 spiro atoms. The van der Waals surface area contributed by atoms with Gasteiger partial charge in [-0.05, 0) is 56.3 Å². The number of amides is 1. The Morgan fingerprint density at radius 3 is 2.96 bits per heavy atom. The average Bonchev–Trinajstić information content (AvgIpc) is 2.98. The summed E-state index contributed by atoms with van der Waals surface area (Å²) in [5.74, 6) is 0.716.